The average Bonchev–Trinajstić information content (AvgIpc) is 2.85. The van der Waals surface area contributed by atoms with Gasteiger partial charge in [-0.3, -0.25) is 4.79 Å². The molecule has 8 heteroatoms. The van der Waals surface area contributed by atoms with Gasteiger partial charge in [0.05, 0.1) is 26.2 Å². The zero-order valence-corrected chi connectivity index (χ0v) is 13.2. The van der Waals surface area contributed by atoms with Gasteiger partial charge >= 0.3 is 0 Å². The number of amidine groups is 1. The highest BCUT2D eigenvalue weighted by atomic mass is 79.9. The number of hydrogen-bond donors (Lipinski definition) is 1. The number of amides is 1. The van der Waals surface area contributed by atoms with Gasteiger partial charge in [0.25, 0.3) is 0 Å². The van der Waals surface area contributed by atoms with Crippen LogP contribution in [-0.2, 0) is 4.79 Å². The van der Waals surface area contributed by atoms with E-state index in [2.05, 4.69) is 31.4 Å². The van der Waals surface area contributed by atoms with E-state index in [1.54, 1.807) is 32.6 Å². The Hall–Kier alpha value is -1.54. The first-order chi connectivity index (χ1) is 9.63. The van der Waals surface area contributed by atoms with Crippen LogP contribution in [0.25, 0.3) is 0 Å². The number of carbonyl (C=O) groups is 1. The first-order valence-electron chi connectivity index (χ1n) is 5.59. The summed E-state index contributed by atoms with van der Waals surface area (Å²) in [5.41, 5.74) is 0.793. The highest BCUT2D eigenvalue weighted by Crippen LogP contribution is 2.32. The predicted octanol–water partition coefficient (Wildman–Crippen LogP) is 2.02. The Morgan fingerprint density at radius 1 is 1.35 bits per heavy atom. The zero-order chi connectivity index (χ0) is 14.5. The normalized spacial score (nSPS) is 16.8. The van der Waals surface area contributed by atoms with Crippen molar-refractivity contribution in [3.8, 4) is 11.5 Å². The van der Waals surface area contributed by atoms with Crippen molar-refractivity contribution in [1.29, 1.82) is 0 Å². The number of nitrogens with zero attached hydrogens (tertiary/aromatic N) is 2. The van der Waals surface area contributed by atoms with Crippen LogP contribution in [-0.4, -0.2) is 37.3 Å². The largest absolute Gasteiger partial charge is 0.493 e. The van der Waals surface area contributed by atoms with E-state index in [0.717, 1.165) is 10.0 Å². The number of carbonyl (C=O) groups excluding carboxylic acids is 1. The number of nitrogens with one attached hydrogen (secondary N) is 1. The minimum atomic E-state index is -0.0590. The molecule has 1 fully saturated rings. The molecule has 0 bridgehead atoms. The number of ether oxygens (including phenoxy) is 2. The smallest absolute Gasteiger partial charge is 0.236 e. The van der Waals surface area contributed by atoms with Crippen LogP contribution in [0.3, 0.4) is 0 Å². The molecule has 1 amide bonds. The second-order valence-corrected chi connectivity index (χ2v) is 5.53. The van der Waals surface area contributed by atoms with Gasteiger partial charge in [-0.1, -0.05) is 11.8 Å². The van der Waals surface area contributed by atoms with Crippen LogP contribution >= 0.6 is 27.7 Å². The molecule has 0 atom stereocenters. The van der Waals surface area contributed by atoms with Gasteiger partial charge in [-0.2, -0.15) is 5.10 Å². The van der Waals surface area contributed by atoms with Gasteiger partial charge < -0.3 is 14.8 Å². The summed E-state index contributed by atoms with van der Waals surface area (Å²) in [6.45, 7) is 0. The highest BCUT2D eigenvalue weighted by molar-refractivity contribution is 9.10. The standard InChI is InChI=1S/C12H12BrN3O3S/c1-18-9-3-7(8(13)4-10(9)19-2)5-14-16-12-15-11(17)6-20-12/h3-5H,6H2,1-2H3,(H,15,16,17)/b14-5+. The summed E-state index contributed by atoms with van der Waals surface area (Å²) in [6, 6.07) is 3.58. The SMILES string of the molecule is COc1cc(Br)c(/C=N/N=C2\NC(=O)CS2)cc1OC. The third kappa shape index (κ3) is 3.51. The number of rotatable bonds is 4. The van der Waals surface area contributed by atoms with E-state index < -0.39 is 0 Å². The molecule has 1 saturated heterocycles. The van der Waals surface area contributed by atoms with Gasteiger partial charge in [0, 0.05) is 10.0 Å². The lowest BCUT2D eigenvalue weighted by molar-refractivity contribution is -0.116. The summed E-state index contributed by atoms with van der Waals surface area (Å²) >= 11 is 4.75. The lowest BCUT2D eigenvalue weighted by atomic mass is 10.2. The number of thioether (sulfide) groups is 1. The second-order valence-electron chi connectivity index (χ2n) is 3.72. The molecule has 106 valence electrons. The Balaban J connectivity index is 2.18. The second kappa shape index (κ2) is 6.76. The van der Waals surface area contributed by atoms with Crippen molar-refractivity contribution >= 4 is 45.0 Å². The van der Waals surface area contributed by atoms with Crippen molar-refractivity contribution < 1.29 is 14.3 Å². The number of halogens is 1. The topological polar surface area (TPSA) is 72.3 Å². The fraction of sp³-hybridized carbons (Fsp3) is 0.250. The molecule has 0 unspecified atom stereocenters. The molecule has 0 radical (unpaired) electrons. The van der Waals surface area contributed by atoms with Gasteiger partial charge in [0.1, 0.15) is 0 Å². The molecule has 1 aliphatic rings. The van der Waals surface area contributed by atoms with Crippen molar-refractivity contribution in [3.63, 3.8) is 0 Å². The zero-order valence-electron chi connectivity index (χ0n) is 10.8. The summed E-state index contributed by atoms with van der Waals surface area (Å²) in [4.78, 5) is 11.0. The first kappa shape index (κ1) is 14.9. The van der Waals surface area contributed by atoms with E-state index in [0.29, 0.717) is 22.4 Å². The number of benzene rings is 1. The fourth-order valence-electron chi connectivity index (χ4n) is 1.49. The van der Waals surface area contributed by atoms with Gasteiger partial charge in [-0.05, 0) is 28.1 Å². The van der Waals surface area contributed by atoms with E-state index in [4.69, 9.17) is 9.47 Å². The highest BCUT2D eigenvalue weighted by Gasteiger charge is 2.16. The minimum Gasteiger partial charge on any atom is -0.493 e. The van der Waals surface area contributed by atoms with Crippen LogP contribution in [0.1, 0.15) is 5.56 Å². The lowest BCUT2D eigenvalue weighted by Crippen LogP contribution is -2.19. The number of hydrogen-bond acceptors (Lipinski definition) is 6. The maximum absolute atomic E-state index is 11.0. The Morgan fingerprint density at radius 2 is 2.05 bits per heavy atom. The van der Waals surface area contributed by atoms with Crippen LogP contribution < -0.4 is 14.8 Å². The number of methoxy groups -OCH3 is 2. The van der Waals surface area contributed by atoms with Crippen molar-refractivity contribution in [2.75, 3.05) is 20.0 Å². The van der Waals surface area contributed by atoms with Crippen molar-refractivity contribution in [2.45, 2.75) is 0 Å². The molecule has 1 heterocycles. The molecule has 0 spiro atoms. The molecular formula is C12H12BrN3O3S. The Kier molecular flexibility index (Phi) is 5.02. The Bertz CT molecular complexity index is 590. The van der Waals surface area contributed by atoms with Gasteiger partial charge in [-0.15, -0.1) is 5.10 Å². The minimum absolute atomic E-state index is 0.0590. The summed E-state index contributed by atoms with van der Waals surface area (Å²) in [5, 5.41) is 11.0. The van der Waals surface area contributed by atoms with Gasteiger partial charge in [0.2, 0.25) is 5.91 Å². The maximum atomic E-state index is 11.0. The molecule has 1 aromatic carbocycles. The third-order valence-corrected chi connectivity index (χ3v) is 3.99. The molecule has 1 aromatic rings. The Labute approximate surface area is 128 Å². The molecule has 0 saturated carbocycles. The maximum Gasteiger partial charge on any atom is 0.236 e. The molecule has 6 nitrogen and oxygen atoms in total. The van der Waals surface area contributed by atoms with E-state index in [1.807, 2.05) is 0 Å². The van der Waals surface area contributed by atoms with E-state index >= 15 is 0 Å². The predicted molar refractivity (Wildman–Crippen MR) is 82.9 cm³/mol. The molecular weight excluding hydrogens is 346 g/mol. The summed E-state index contributed by atoms with van der Waals surface area (Å²) in [6.07, 6.45) is 1.57. The van der Waals surface area contributed by atoms with Crippen molar-refractivity contribution in [1.82, 2.24) is 5.32 Å². The summed E-state index contributed by atoms with van der Waals surface area (Å²) in [5.74, 6) is 1.56. The van der Waals surface area contributed by atoms with Crippen LogP contribution in [0.15, 0.2) is 26.8 Å². The molecule has 1 aliphatic heterocycles. The molecule has 0 aliphatic carbocycles. The van der Waals surface area contributed by atoms with E-state index in [-0.39, 0.29) is 5.91 Å². The quantitative estimate of drug-likeness (QED) is 0.660. The average molecular weight is 358 g/mol. The Morgan fingerprint density at radius 3 is 2.65 bits per heavy atom. The first-order valence-corrected chi connectivity index (χ1v) is 7.37. The molecule has 2 rings (SSSR count). The summed E-state index contributed by atoms with van der Waals surface area (Å²) < 4.78 is 11.2. The lowest BCUT2D eigenvalue weighted by Gasteiger charge is -2.09. The monoisotopic (exact) mass is 357 g/mol. The van der Waals surface area contributed by atoms with Crippen molar-refractivity contribution in [2.24, 2.45) is 10.2 Å². The third-order valence-electron chi connectivity index (χ3n) is 2.43. The van der Waals surface area contributed by atoms with Crippen molar-refractivity contribution in [3.05, 3.63) is 22.2 Å². The fourth-order valence-corrected chi connectivity index (χ4v) is 2.55. The van der Waals surface area contributed by atoms with Crippen LogP contribution in [0.4, 0.5) is 0 Å². The molecule has 0 aromatic heterocycles. The van der Waals surface area contributed by atoms with E-state index in [9.17, 15) is 4.79 Å². The van der Waals surface area contributed by atoms with Gasteiger partial charge in [-0.25, -0.2) is 0 Å². The summed E-state index contributed by atoms with van der Waals surface area (Å²) in [7, 11) is 3.14. The van der Waals surface area contributed by atoms with Crippen LogP contribution in [0, 0.1) is 0 Å². The van der Waals surface area contributed by atoms with E-state index in [1.165, 1.54) is 11.8 Å². The van der Waals surface area contributed by atoms with Crippen LogP contribution in [0.5, 0.6) is 11.5 Å². The molecule has 1 N–H and O–H groups in total. The van der Waals surface area contributed by atoms with Crippen LogP contribution in [0.2, 0.25) is 0 Å². The molecule has 20 heavy (non-hydrogen) atoms. The van der Waals surface area contributed by atoms with Gasteiger partial charge in [0.15, 0.2) is 16.7 Å².